The van der Waals surface area contributed by atoms with Crippen molar-refractivity contribution in [3.63, 3.8) is 0 Å². The van der Waals surface area contributed by atoms with Gasteiger partial charge in [0, 0.05) is 5.56 Å². The molecule has 0 saturated heterocycles. The number of hydrogen-bond donors (Lipinski definition) is 0. The van der Waals surface area contributed by atoms with Crippen molar-refractivity contribution in [1.29, 1.82) is 0 Å². The third-order valence-corrected chi connectivity index (χ3v) is 4.91. The van der Waals surface area contributed by atoms with Gasteiger partial charge in [0.1, 0.15) is 5.71 Å². The molecule has 1 heterocycles. The molecule has 1 atom stereocenters. The fourth-order valence-electron chi connectivity index (χ4n) is 2.80. The highest BCUT2D eigenvalue weighted by molar-refractivity contribution is 6.42. The van der Waals surface area contributed by atoms with Gasteiger partial charge in [0.2, 0.25) is 0 Å². The van der Waals surface area contributed by atoms with Gasteiger partial charge in [-0.15, -0.1) is 0 Å². The van der Waals surface area contributed by atoms with Crippen molar-refractivity contribution in [3.8, 4) is 0 Å². The molecule has 0 radical (unpaired) electrons. The number of nitrogens with zero attached hydrogens (tertiary/aromatic N) is 4. The number of rotatable bonds is 4. The molecule has 0 saturated carbocycles. The number of hydrazone groups is 1. The third-order valence-electron chi connectivity index (χ3n) is 4.17. The quantitative estimate of drug-likeness (QED) is 0.495. The van der Waals surface area contributed by atoms with Gasteiger partial charge in [-0.1, -0.05) is 71.7 Å². The number of anilines is 1. The highest BCUT2D eigenvalue weighted by Crippen LogP contribution is 2.29. The van der Waals surface area contributed by atoms with Crippen molar-refractivity contribution in [3.05, 3.63) is 94.5 Å². The fraction of sp³-hybridized carbons (Fsp3) is 0.0476. The zero-order valence-electron chi connectivity index (χ0n) is 14.5. The molecule has 0 aliphatic carbocycles. The van der Waals surface area contributed by atoms with Crippen LogP contribution in [0.2, 0.25) is 10.0 Å². The molecule has 3 aromatic rings. The number of carbonyl (C=O) groups excluding carboxylic acids is 1. The zero-order chi connectivity index (χ0) is 19.5. The molecule has 1 unspecified atom stereocenters. The van der Waals surface area contributed by atoms with E-state index in [9.17, 15) is 4.79 Å². The summed E-state index contributed by atoms with van der Waals surface area (Å²) >= 11 is 12.0. The predicted molar refractivity (Wildman–Crippen MR) is 112 cm³/mol. The Bertz CT molecular complexity index is 1070. The van der Waals surface area contributed by atoms with Crippen molar-refractivity contribution in [2.24, 2.45) is 15.3 Å². The van der Waals surface area contributed by atoms with Crippen LogP contribution in [0.25, 0.3) is 0 Å². The molecule has 28 heavy (non-hydrogen) atoms. The molecule has 5 nitrogen and oxygen atoms in total. The van der Waals surface area contributed by atoms with Crippen LogP contribution < -0.4 is 5.01 Å². The van der Waals surface area contributed by atoms with E-state index >= 15 is 0 Å². The second-order valence-electron chi connectivity index (χ2n) is 6.05. The first-order chi connectivity index (χ1) is 13.6. The highest BCUT2D eigenvalue weighted by atomic mass is 35.5. The summed E-state index contributed by atoms with van der Waals surface area (Å²) in [5.74, 6) is -0.270. The minimum absolute atomic E-state index is 0.270. The largest absolute Gasteiger partial charge is 0.280 e. The summed E-state index contributed by atoms with van der Waals surface area (Å²) in [7, 11) is 0. The lowest BCUT2D eigenvalue weighted by Gasteiger charge is -2.11. The maximum atomic E-state index is 13.0. The highest BCUT2D eigenvalue weighted by Gasteiger charge is 2.37. The number of benzene rings is 3. The van der Waals surface area contributed by atoms with E-state index in [0.717, 1.165) is 5.56 Å². The van der Waals surface area contributed by atoms with Gasteiger partial charge in [0.05, 0.1) is 21.4 Å². The standard InChI is InChI=1S/C21H14Cl2N4O/c22-17-12-11-15(13-18(17)23)24-25-20-19(14-7-3-1-4-8-14)26-27(21(20)28)16-9-5-2-6-10-16/h1-13,20H. The molecule has 0 spiro atoms. The molecule has 1 amide bonds. The monoisotopic (exact) mass is 408 g/mol. The smallest absolute Gasteiger partial charge is 0.269 e. The molecule has 138 valence electrons. The summed E-state index contributed by atoms with van der Waals surface area (Å²) in [4.78, 5) is 13.0. The number of carbonyl (C=O) groups is 1. The molecule has 0 bridgehead atoms. The average Bonchev–Trinajstić information content (AvgIpc) is 3.06. The van der Waals surface area contributed by atoms with Crippen LogP contribution in [0.3, 0.4) is 0 Å². The first-order valence-electron chi connectivity index (χ1n) is 8.52. The summed E-state index contributed by atoms with van der Waals surface area (Å²) in [5.41, 5.74) is 2.53. The van der Waals surface area contributed by atoms with E-state index in [2.05, 4.69) is 15.3 Å². The predicted octanol–water partition coefficient (Wildman–Crippen LogP) is 5.90. The average molecular weight is 409 g/mol. The molecule has 0 fully saturated rings. The van der Waals surface area contributed by atoms with Crippen LogP contribution in [0.4, 0.5) is 11.4 Å². The van der Waals surface area contributed by atoms with Crippen molar-refractivity contribution >= 4 is 46.2 Å². The van der Waals surface area contributed by atoms with Crippen LogP contribution in [0.5, 0.6) is 0 Å². The Balaban J connectivity index is 1.71. The molecule has 3 aromatic carbocycles. The Hall–Kier alpha value is -3.02. The van der Waals surface area contributed by atoms with E-state index in [1.165, 1.54) is 5.01 Å². The van der Waals surface area contributed by atoms with Crippen molar-refractivity contribution in [1.82, 2.24) is 0 Å². The molecule has 0 aromatic heterocycles. The van der Waals surface area contributed by atoms with Crippen LogP contribution in [-0.2, 0) is 4.79 Å². The summed E-state index contributed by atoms with van der Waals surface area (Å²) in [6.45, 7) is 0. The topological polar surface area (TPSA) is 57.4 Å². The minimum Gasteiger partial charge on any atom is -0.269 e. The third kappa shape index (κ3) is 3.67. The zero-order valence-corrected chi connectivity index (χ0v) is 16.0. The minimum atomic E-state index is -0.850. The van der Waals surface area contributed by atoms with Crippen LogP contribution in [0.15, 0.2) is 94.2 Å². The maximum Gasteiger partial charge on any atom is 0.280 e. The normalized spacial score (nSPS) is 16.6. The second-order valence-corrected chi connectivity index (χ2v) is 6.87. The van der Waals surface area contributed by atoms with Gasteiger partial charge in [0.25, 0.3) is 5.91 Å². The fourth-order valence-corrected chi connectivity index (χ4v) is 3.09. The first-order valence-corrected chi connectivity index (χ1v) is 9.28. The number of hydrogen-bond acceptors (Lipinski definition) is 4. The SMILES string of the molecule is O=C1C(N=Nc2ccc(Cl)c(Cl)c2)C(c2ccccc2)=NN1c1ccccc1. The van der Waals surface area contributed by atoms with E-state index in [0.29, 0.717) is 27.1 Å². The van der Waals surface area contributed by atoms with Gasteiger partial charge in [-0.3, -0.25) is 4.79 Å². The molecule has 4 rings (SSSR count). The number of halogens is 2. The van der Waals surface area contributed by atoms with E-state index in [-0.39, 0.29) is 5.91 Å². The van der Waals surface area contributed by atoms with Crippen molar-refractivity contribution in [2.45, 2.75) is 6.04 Å². The van der Waals surface area contributed by atoms with Crippen LogP contribution in [0, 0.1) is 0 Å². The first kappa shape index (κ1) is 18.3. The second kappa shape index (κ2) is 7.92. The van der Waals surface area contributed by atoms with Gasteiger partial charge in [-0.05, 0) is 30.3 Å². The van der Waals surface area contributed by atoms with E-state index in [4.69, 9.17) is 23.2 Å². The van der Waals surface area contributed by atoms with E-state index < -0.39 is 6.04 Å². The molecule has 1 aliphatic rings. The molecular formula is C21H14Cl2N4O. The van der Waals surface area contributed by atoms with Crippen LogP contribution in [0.1, 0.15) is 5.56 Å². The lowest BCUT2D eigenvalue weighted by Crippen LogP contribution is -2.30. The van der Waals surface area contributed by atoms with Crippen LogP contribution in [-0.4, -0.2) is 17.7 Å². The lowest BCUT2D eigenvalue weighted by atomic mass is 10.0. The van der Waals surface area contributed by atoms with Crippen LogP contribution >= 0.6 is 23.2 Å². The summed E-state index contributed by atoms with van der Waals surface area (Å²) in [6, 6.07) is 22.8. The Morgan fingerprint density at radius 3 is 2.21 bits per heavy atom. The van der Waals surface area contributed by atoms with Gasteiger partial charge in [-0.2, -0.15) is 20.3 Å². The number of azo groups is 1. The molecule has 7 heteroatoms. The van der Waals surface area contributed by atoms with E-state index in [1.54, 1.807) is 18.2 Å². The van der Waals surface area contributed by atoms with Crippen molar-refractivity contribution < 1.29 is 4.79 Å². The lowest BCUT2D eigenvalue weighted by molar-refractivity contribution is -0.117. The number of amides is 1. The number of para-hydroxylation sites is 1. The Morgan fingerprint density at radius 2 is 1.54 bits per heavy atom. The molecule has 0 N–H and O–H groups in total. The molecule has 1 aliphatic heterocycles. The van der Waals surface area contributed by atoms with Gasteiger partial charge < -0.3 is 0 Å². The summed E-state index contributed by atoms with van der Waals surface area (Å²) in [6.07, 6.45) is 0. The maximum absolute atomic E-state index is 13.0. The Morgan fingerprint density at radius 1 is 0.857 bits per heavy atom. The Kier molecular flexibility index (Phi) is 5.19. The summed E-state index contributed by atoms with van der Waals surface area (Å²) < 4.78 is 0. The van der Waals surface area contributed by atoms with Crippen molar-refractivity contribution in [2.75, 3.05) is 5.01 Å². The van der Waals surface area contributed by atoms with Gasteiger partial charge >= 0.3 is 0 Å². The summed E-state index contributed by atoms with van der Waals surface area (Å²) in [5, 5.41) is 15.2. The van der Waals surface area contributed by atoms with Gasteiger partial charge in [-0.25, -0.2) is 0 Å². The van der Waals surface area contributed by atoms with Gasteiger partial charge in [0.15, 0.2) is 6.04 Å². The Labute approximate surface area is 171 Å². The van der Waals surface area contributed by atoms with E-state index in [1.807, 2.05) is 60.7 Å². The molecular weight excluding hydrogens is 395 g/mol.